The minimum atomic E-state index is 0.245. The van der Waals surface area contributed by atoms with Crippen LogP contribution in [0, 0.1) is 0 Å². The fraction of sp³-hybridized carbons (Fsp3) is 0. The molecule has 0 saturated carbocycles. The monoisotopic (exact) mass is 171 g/mol. The van der Waals surface area contributed by atoms with Gasteiger partial charge in [0.1, 0.15) is 0 Å². The van der Waals surface area contributed by atoms with Crippen LogP contribution in [0.3, 0.4) is 0 Å². The van der Waals surface area contributed by atoms with Crippen LogP contribution >= 0.6 is 0 Å². The Labute approximate surface area is 81.6 Å². The molecule has 1 heteroatoms. The molecule has 0 saturated heterocycles. The van der Waals surface area contributed by atoms with E-state index in [2.05, 4.69) is 4.98 Å². The quantitative estimate of drug-likeness (QED) is 0.534. The number of H-pyrrole nitrogens is 1. The summed E-state index contributed by atoms with van der Waals surface area (Å²) in [6, 6.07) is 7.27. The third kappa shape index (κ3) is 0.872. The van der Waals surface area contributed by atoms with Crippen LogP contribution in [0.25, 0.3) is 21.8 Å². The number of rotatable bonds is 0. The summed E-state index contributed by atoms with van der Waals surface area (Å²) >= 11 is 0. The number of aromatic amines is 1. The number of para-hydroxylation sites is 2. The van der Waals surface area contributed by atoms with E-state index < -0.39 is 0 Å². The zero-order chi connectivity index (χ0) is 12.2. The molecule has 0 atom stereocenters. The molecule has 3 aromatic rings. The summed E-state index contributed by atoms with van der Waals surface area (Å²) in [6.45, 7) is 0. The summed E-state index contributed by atoms with van der Waals surface area (Å²) in [4.78, 5) is 3.03. The van der Waals surface area contributed by atoms with Crippen LogP contribution in [0.4, 0.5) is 0 Å². The second-order valence-corrected chi connectivity index (χ2v) is 2.90. The Morgan fingerprint density at radius 3 is 2.00 bits per heavy atom. The molecule has 0 amide bonds. The van der Waals surface area contributed by atoms with Crippen LogP contribution in [-0.2, 0) is 0 Å². The molecular weight excluding hydrogens is 158 g/mol. The molecule has 13 heavy (non-hydrogen) atoms. The highest BCUT2D eigenvalue weighted by atomic mass is 14.7. The molecule has 1 heterocycles. The fourth-order valence-corrected chi connectivity index (χ4v) is 1.53. The number of nitrogens with one attached hydrogen (secondary N) is 1. The van der Waals surface area contributed by atoms with Crippen molar-refractivity contribution in [2.45, 2.75) is 0 Å². The SMILES string of the molecule is [2H]c1cc([2H])c2[nH]c3c([2H])cc([2H])cc3c2c1. The molecule has 62 valence electrons. The van der Waals surface area contributed by atoms with Crippen molar-refractivity contribution >= 4 is 21.8 Å². The fourth-order valence-electron chi connectivity index (χ4n) is 1.53. The summed E-state index contributed by atoms with van der Waals surface area (Å²) in [7, 11) is 0. The van der Waals surface area contributed by atoms with Crippen molar-refractivity contribution in [1.82, 2.24) is 4.98 Å². The lowest BCUT2D eigenvalue weighted by Crippen LogP contribution is -1.62. The normalized spacial score (nSPS) is 15.4. The Hall–Kier alpha value is -1.76. The van der Waals surface area contributed by atoms with Crippen molar-refractivity contribution in [2.75, 3.05) is 0 Å². The van der Waals surface area contributed by atoms with E-state index in [9.17, 15) is 0 Å². The van der Waals surface area contributed by atoms with Gasteiger partial charge in [-0.2, -0.15) is 0 Å². The van der Waals surface area contributed by atoms with Gasteiger partial charge in [0.15, 0.2) is 0 Å². The summed E-state index contributed by atoms with van der Waals surface area (Å²) in [5, 5.41) is 1.47. The minimum absolute atomic E-state index is 0.245. The molecule has 0 unspecified atom stereocenters. The third-order valence-corrected chi connectivity index (χ3v) is 2.13. The summed E-state index contributed by atoms with van der Waals surface area (Å²) in [6.07, 6.45) is 0. The van der Waals surface area contributed by atoms with E-state index in [1.54, 1.807) is 12.1 Å². The maximum atomic E-state index is 7.80. The molecular formula is C12H9N. The zero-order valence-corrected chi connectivity index (χ0v) is 6.81. The number of benzene rings is 2. The lowest BCUT2D eigenvalue weighted by atomic mass is 10.2. The van der Waals surface area contributed by atoms with E-state index in [1.165, 1.54) is 12.1 Å². The highest BCUT2D eigenvalue weighted by molar-refractivity contribution is 6.06. The third-order valence-electron chi connectivity index (χ3n) is 2.13. The van der Waals surface area contributed by atoms with Gasteiger partial charge in [0, 0.05) is 21.8 Å². The van der Waals surface area contributed by atoms with E-state index >= 15 is 0 Å². The lowest BCUT2D eigenvalue weighted by Gasteiger charge is -1.87. The molecule has 0 spiro atoms. The van der Waals surface area contributed by atoms with E-state index in [0.29, 0.717) is 11.0 Å². The van der Waals surface area contributed by atoms with E-state index in [1.807, 2.05) is 0 Å². The zero-order valence-electron chi connectivity index (χ0n) is 10.8. The van der Waals surface area contributed by atoms with Gasteiger partial charge in [-0.05, 0) is 12.1 Å². The second kappa shape index (κ2) is 2.36. The second-order valence-electron chi connectivity index (χ2n) is 2.90. The van der Waals surface area contributed by atoms with Gasteiger partial charge in [-0.15, -0.1) is 0 Å². The maximum absolute atomic E-state index is 7.80. The van der Waals surface area contributed by atoms with Gasteiger partial charge < -0.3 is 4.98 Å². The summed E-state index contributed by atoms with van der Waals surface area (Å²) < 4.78 is 30.8. The first-order valence-corrected chi connectivity index (χ1v) is 4.06. The number of hydrogen-bond acceptors (Lipinski definition) is 0. The average molecular weight is 171 g/mol. The predicted octanol–water partition coefficient (Wildman–Crippen LogP) is 3.32. The first kappa shape index (κ1) is 3.97. The number of fused-ring (bicyclic) bond motifs is 3. The van der Waals surface area contributed by atoms with E-state index in [0.717, 1.165) is 10.8 Å². The molecule has 0 bridgehead atoms. The molecule has 0 aliphatic rings. The van der Waals surface area contributed by atoms with Crippen molar-refractivity contribution in [3.05, 3.63) is 48.4 Å². The van der Waals surface area contributed by atoms with Crippen molar-refractivity contribution in [1.29, 1.82) is 0 Å². The van der Waals surface area contributed by atoms with Gasteiger partial charge in [-0.3, -0.25) is 0 Å². The van der Waals surface area contributed by atoms with E-state index in [4.69, 9.17) is 5.48 Å². The van der Waals surface area contributed by atoms with Gasteiger partial charge in [0.25, 0.3) is 0 Å². The van der Waals surface area contributed by atoms with Crippen molar-refractivity contribution in [3.8, 4) is 0 Å². The van der Waals surface area contributed by atoms with Crippen LogP contribution < -0.4 is 0 Å². The molecule has 1 aromatic heterocycles. The van der Waals surface area contributed by atoms with Crippen molar-refractivity contribution in [2.24, 2.45) is 0 Å². The van der Waals surface area contributed by atoms with Gasteiger partial charge in [0.2, 0.25) is 0 Å². The van der Waals surface area contributed by atoms with Crippen LogP contribution in [-0.4, -0.2) is 4.98 Å². The average Bonchev–Trinajstić information content (AvgIpc) is 2.58. The lowest BCUT2D eigenvalue weighted by molar-refractivity contribution is 1.55. The highest BCUT2D eigenvalue weighted by Gasteiger charge is 2.00. The molecule has 1 nitrogen and oxygen atoms in total. The molecule has 0 aliphatic carbocycles. The molecule has 0 aliphatic heterocycles. The molecule has 0 radical (unpaired) electrons. The van der Waals surface area contributed by atoms with Crippen molar-refractivity contribution in [3.63, 3.8) is 0 Å². The first-order chi connectivity index (χ1) is 8.06. The standard InChI is InChI=1S/C12H9N/c1-3-7-11-9(5-1)10-6-2-4-8-12(10)13-11/h1-8,13H/i1D,2D,7D,8D. The van der Waals surface area contributed by atoms with Crippen LogP contribution in [0.5, 0.6) is 0 Å². The molecule has 3 rings (SSSR count). The Balaban J connectivity index is 2.60. The van der Waals surface area contributed by atoms with Crippen molar-refractivity contribution < 1.29 is 5.48 Å². The van der Waals surface area contributed by atoms with Gasteiger partial charge >= 0.3 is 0 Å². The van der Waals surface area contributed by atoms with Gasteiger partial charge in [-0.25, -0.2) is 0 Å². The van der Waals surface area contributed by atoms with Gasteiger partial charge in [-0.1, -0.05) is 36.4 Å². The summed E-state index contributed by atoms with van der Waals surface area (Å²) in [5.74, 6) is 0. The Morgan fingerprint density at radius 2 is 1.46 bits per heavy atom. The van der Waals surface area contributed by atoms with Crippen LogP contribution in [0.1, 0.15) is 5.48 Å². The van der Waals surface area contributed by atoms with Crippen LogP contribution in [0.2, 0.25) is 0 Å². The topological polar surface area (TPSA) is 15.8 Å². The Bertz CT molecular complexity index is 683. The predicted molar refractivity (Wildman–Crippen MR) is 55.8 cm³/mol. The first-order valence-electron chi connectivity index (χ1n) is 6.06. The molecule has 1 N–H and O–H groups in total. The van der Waals surface area contributed by atoms with E-state index in [-0.39, 0.29) is 24.2 Å². The Morgan fingerprint density at radius 1 is 0.923 bits per heavy atom. The molecule has 0 fully saturated rings. The minimum Gasteiger partial charge on any atom is -0.355 e. The highest BCUT2D eigenvalue weighted by Crippen LogP contribution is 2.24. The largest absolute Gasteiger partial charge is 0.355 e. The maximum Gasteiger partial charge on any atom is 0.0645 e. The Kier molecular flexibility index (Phi) is 0.720. The summed E-state index contributed by atoms with van der Waals surface area (Å²) in [5.41, 5.74) is 1.24. The number of aromatic nitrogens is 1. The van der Waals surface area contributed by atoms with Crippen LogP contribution in [0.15, 0.2) is 48.4 Å². The smallest absolute Gasteiger partial charge is 0.0645 e. The molecule has 2 aromatic carbocycles. The number of hydrogen-bond donors (Lipinski definition) is 1. The van der Waals surface area contributed by atoms with Gasteiger partial charge in [0.05, 0.1) is 5.48 Å².